The molecule has 3 N–H and O–H groups in total. The van der Waals surface area contributed by atoms with E-state index in [-0.39, 0.29) is 11.5 Å². The number of ether oxygens (including phenoxy) is 2. The summed E-state index contributed by atoms with van der Waals surface area (Å²) < 4.78 is 11.0. The van der Waals surface area contributed by atoms with Crippen LogP contribution in [0.15, 0.2) is 48.5 Å². The van der Waals surface area contributed by atoms with Gasteiger partial charge in [0.2, 0.25) is 5.91 Å². The second kappa shape index (κ2) is 10.7. The van der Waals surface area contributed by atoms with Gasteiger partial charge >= 0.3 is 0 Å². The number of hydrogen-bond donors (Lipinski definition) is 3. The number of hydrogen-bond acceptors (Lipinski definition) is 5. The summed E-state index contributed by atoms with van der Waals surface area (Å²) in [7, 11) is 1.57. The highest BCUT2D eigenvalue weighted by Crippen LogP contribution is 2.28. The van der Waals surface area contributed by atoms with E-state index in [0.29, 0.717) is 23.8 Å². The molecule has 0 radical (unpaired) electrons. The van der Waals surface area contributed by atoms with Crippen LogP contribution >= 0.6 is 0 Å². The third-order valence-electron chi connectivity index (χ3n) is 3.89. The van der Waals surface area contributed by atoms with Gasteiger partial charge in [0.05, 0.1) is 13.7 Å². The first-order valence-corrected chi connectivity index (χ1v) is 8.91. The molecule has 2 aromatic carbocycles. The zero-order chi connectivity index (χ0) is 20.4. The smallest absolute Gasteiger partial charge is 0.274 e. The number of unbranched alkanes of at least 4 members (excludes halogenated alkanes) is 1. The predicted molar refractivity (Wildman–Crippen MR) is 107 cm³/mol. The van der Waals surface area contributed by atoms with Crippen molar-refractivity contribution in [2.24, 2.45) is 0 Å². The average Bonchev–Trinajstić information content (AvgIpc) is 2.73. The molecular weight excluding hydrogens is 360 g/mol. The van der Waals surface area contributed by atoms with Gasteiger partial charge in [0.1, 0.15) is 0 Å². The van der Waals surface area contributed by atoms with Crippen molar-refractivity contribution in [3.05, 3.63) is 59.7 Å². The van der Waals surface area contributed by atoms with Gasteiger partial charge in [-0.3, -0.25) is 14.8 Å². The lowest BCUT2D eigenvalue weighted by Gasteiger charge is -2.11. The van der Waals surface area contributed by atoms with Crippen LogP contribution in [0.3, 0.4) is 0 Å². The molecule has 0 bridgehead atoms. The maximum atomic E-state index is 12.1. The first kappa shape index (κ1) is 21.0. The summed E-state index contributed by atoms with van der Waals surface area (Å²) in [6.45, 7) is 2.73. The van der Waals surface area contributed by atoms with E-state index in [1.807, 2.05) is 12.1 Å². The summed E-state index contributed by atoms with van der Waals surface area (Å²) in [6.07, 6.45) is 5.09. The minimum Gasteiger partial charge on any atom is -0.493 e. The first-order chi connectivity index (χ1) is 13.6. The largest absolute Gasteiger partial charge is 0.493 e. The van der Waals surface area contributed by atoms with Gasteiger partial charge in [-0.1, -0.05) is 19.4 Å². The van der Waals surface area contributed by atoms with E-state index in [9.17, 15) is 9.59 Å². The standard InChI is InChI=1S/C21H24N2O5/c1-3-4-13-28-18-11-5-15(14-19(18)27-2)6-12-20(24)22-17-9-7-16(8-10-17)21(25)23-26/h5-12,14,26H,3-4,13H2,1-2H3,(H,22,24)(H,23,25)/b12-6+. The van der Waals surface area contributed by atoms with Crippen LogP contribution < -0.4 is 20.3 Å². The molecule has 148 valence electrons. The van der Waals surface area contributed by atoms with E-state index < -0.39 is 5.91 Å². The normalized spacial score (nSPS) is 10.5. The highest BCUT2D eigenvalue weighted by Gasteiger charge is 2.06. The van der Waals surface area contributed by atoms with Crippen LogP contribution in [0.4, 0.5) is 5.69 Å². The van der Waals surface area contributed by atoms with Gasteiger partial charge in [-0.2, -0.15) is 0 Å². The number of rotatable bonds is 9. The average molecular weight is 384 g/mol. The van der Waals surface area contributed by atoms with E-state index in [1.54, 1.807) is 36.9 Å². The van der Waals surface area contributed by atoms with Crippen LogP contribution in [0.2, 0.25) is 0 Å². The summed E-state index contributed by atoms with van der Waals surface area (Å²) >= 11 is 0. The lowest BCUT2D eigenvalue weighted by atomic mass is 10.1. The summed E-state index contributed by atoms with van der Waals surface area (Å²) in [6, 6.07) is 11.6. The molecule has 0 fully saturated rings. The minimum atomic E-state index is -0.617. The van der Waals surface area contributed by atoms with Gasteiger partial charge in [-0.05, 0) is 54.5 Å². The third kappa shape index (κ3) is 6.14. The van der Waals surface area contributed by atoms with Crippen molar-refractivity contribution in [3.8, 4) is 11.5 Å². The molecule has 0 heterocycles. The lowest BCUT2D eigenvalue weighted by Crippen LogP contribution is -2.18. The van der Waals surface area contributed by atoms with Gasteiger partial charge in [0, 0.05) is 17.3 Å². The summed E-state index contributed by atoms with van der Waals surface area (Å²) in [4.78, 5) is 23.4. The van der Waals surface area contributed by atoms with Gasteiger partial charge in [0.25, 0.3) is 5.91 Å². The number of amides is 2. The molecule has 0 atom stereocenters. The van der Waals surface area contributed by atoms with Crippen LogP contribution in [-0.4, -0.2) is 30.7 Å². The highest BCUT2D eigenvalue weighted by molar-refractivity contribution is 6.02. The van der Waals surface area contributed by atoms with E-state index in [4.69, 9.17) is 14.7 Å². The Labute approximate surface area is 163 Å². The van der Waals surface area contributed by atoms with Crippen LogP contribution in [0.5, 0.6) is 11.5 Å². The number of carbonyl (C=O) groups is 2. The maximum absolute atomic E-state index is 12.1. The fraction of sp³-hybridized carbons (Fsp3) is 0.238. The second-order valence-corrected chi connectivity index (χ2v) is 5.95. The molecule has 0 unspecified atom stereocenters. The number of carbonyl (C=O) groups excluding carboxylic acids is 2. The van der Waals surface area contributed by atoms with Crippen molar-refractivity contribution in [1.29, 1.82) is 0 Å². The molecule has 28 heavy (non-hydrogen) atoms. The van der Waals surface area contributed by atoms with Crippen LogP contribution in [0, 0.1) is 0 Å². The Morgan fingerprint density at radius 1 is 1.11 bits per heavy atom. The van der Waals surface area contributed by atoms with Crippen molar-refractivity contribution in [3.63, 3.8) is 0 Å². The van der Waals surface area contributed by atoms with Crippen molar-refractivity contribution >= 4 is 23.6 Å². The van der Waals surface area contributed by atoms with E-state index in [1.165, 1.54) is 18.2 Å². The SMILES string of the molecule is CCCCOc1ccc(/C=C/C(=O)Nc2ccc(C(=O)NO)cc2)cc1OC. The Morgan fingerprint density at radius 2 is 1.86 bits per heavy atom. The molecular formula is C21H24N2O5. The Hall–Kier alpha value is -3.32. The first-order valence-electron chi connectivity index (χ1n) is 8.91. The number of methoxy groups -OCH3 is 1. The molecule has 0 aromatic heterocycles. The molecule has 7 nitrogen and oxygen atoms in total. The Bertz CT molecular complexity index is 831. The van der Waals surface area contributed by atoms with E-state index in [0.717, 1.165) is 18.4 Å². The van der Waals surface area contributed by atoms with Crippen LogP contribution in [-0.2, 0) is 4.79 Å². The third-order valence-corrected chi connectivity index (χ3v) is 3.89. The van der Waals surface area contributed by atoms with Crippen LogP contribution in [0.1, 0.15) is 35.7 Å². The van der Waals surface area contributed by atoms with Crippen molar-refractivity contribution in [1.82, 2.24) is 5.48 Å². The lowest BCUT2D eigenvalue weighted by molar-refractivity contribution is -0.111. The van der Waals surface area contributed by atoms with E-state index in [2.05, 4.69) is 12.2 Å². The molecule has 0 saturated heterocycles. The number of benzene rings is 2. The zero-order valence-electron chi connectivity index (χ0n) is 15.9. The number of hydroxylamine groups is 1. The van der Waals surface area contributed by atoms with Crippen molar-refractivity contribution in [2.75, 3.05) is 19.0 Å². The summed E-state index contributed by atoms with van der Waals surface area (Å²) in [5, 5.41) is 11.3. The van der Waals surface area contributed by atoms with Crippen molar-refractivity contribution < 1.29 is 24.3 Å². The highest BCUT2D eigenvalue weighted by atomic mass is 16.5. The Morgan fingerprint density at radius 3 is 2.50 bits per heavy atom. The summed E-state index contributed by atoms with van der Waals surface area (Å²) in [5.41, 5.74) is 3.16. The maximum Gasteiger partial charge on any atom is 0.274 e. The van der Waals surface area contributed by atoms with Gasteiger partial charge in [0.15, 0.2) is 11.5 Å². The fourth-order valence-corrected chi connectivity index (χ4v) is 2.36. The minimum absolute atomic E-state index is 0.282. The Kier molecular flexibility index (Phi) is 8.05. The molecule has 7 heteroatoms. The van der Waals surface area contributed by atoms with Crippen LogP contribution in [0.25, 0.3) is 6.08 Å². The molecule has 2 amide bonds. The van der Waals surface area contributed by atoms with Gasteiger partial charge in [-0.25, -0.2) is 5.48 Å². The molecule has 0 saturated carbocycles. The quantitative estimate of drug-likeness (QED) is 0.265. The number of anilines is 1. The van der Waals surface area contributed by atoms with Gasteiger partial charge < -0.3 is 14.8 Å². The Balaban J connectivity index is 1.98. The molecule has 2 aromatic rings. The molecule has 2 rings (SSSR count). The fourth-order valence-electron chi connectivity index (χ4n) is 2.36. The molecule has 0 aliphatic heterocycles. The summed E-state index contributed by atoms with van der Waals surface area (Å²) in [5.74, 6) is 0.344. The molecule has 0 aliphatic rings. The molecule has 0 aliphatic carbocycles. The predicted octanol–water partition coefficient (Wildman–Crippen LogP) is 3.65. The van der Waals surface area contributed by atoms with E-state index >= 15 is 0 Å². The topological polar surface area (TPSA) is 96.9 Å². The van der Waals surface area contributed by atoms with Gasteiger partial charge in [-0.15, -0.1) is 0 Å². The second-order valence-electron chi connectivity index (χ2n) is 5.95. The molecule has 0 spiro atoms. The zero-order valence-corrected chi connectivity index (χ0v) is 15.9. The monoisotopic (exact) mass is 384 g/mol. The van der Waals surface area contributed by atoms with Crippen molar-refractivity contribution in [2.45, 2.75) is 19.8 Å². The number of nitrogens with one attached hydrogen (secondary N) is 2.